The lowest BCUT2D eigenvalue weighted by atomic mass is 9.94. The fraction of sp³-hybridized carbons (Fsp3) is 0.324. The van der Waals surface area contributed by atoms with Gasteiger partial charge in [-0.15, -0.1) is 5.10 Å². The van der Waals surface area contributed by atoms with E-state index in [1.807, 2.05) is 63.2 Å². The zero-order chi connectivity index (χ0) is 31.4. The van der Waals surface area contributed by atoms with Crippen molar-refractivity contribution in [2.45, 2.75) is 65.3 Å². The van der Waals surface area contributed by atoms with Crippen molar-refractivity contribution in [3.05, 3.63) is 98.2 Å². The van der Waals surface area contributed by atoms with Gasteiger partial charge in [-0.1, -0.05) is 61.5 Å². The second-order valence-corrected chi connectivity index (χ2v) is 12.8. The number of anilines is 2. The normalized spacial score (nSPS) is 14.2. The number of allylic oxidation sites excluding steroid dienone is 1. The maximum atomic E-state index is 14.1. The van der Waals surface area contributed by atoms with Crippen molar-refractivity contribution in [1.29, 1.82) is 0 Å². The molecule has 0 saturated carbocycles. The van der Waals surface area contributed by atoms with E-state index in [4.69, 9.17) is 19.6 Å². The Hall–Kier alpha value is -3.76. The van der Waals surface area contributed by atoms with E-state index in [0.29, 0.717) is 45.0 Å². The minimum absolute atomic E-state index is 0.218. The highest BCUT2D eigenvalue weighted by Gasteiger charge is 2.35. The van der Waals surface area contributed by atoms with Gasteiger partial charge in [-0.2, -0.15) is 4.98 Å². The molecule has 5 rings (SSSR count). The summed E-state index contributed by atoms with van der Waals surface area (Å²) in [5.41, 5.74) is 7.19. The maximum Gasteiger partial charge on any atom is 0.255 e. The van der Waals surface area contributed by atoms with Gasteiger partial charge in [0.15, 0.2) is 11.5 Å². The van der Waals surface area contributed by atoms with Crippen LogP contribution in [0.4, 0.5) is 11.6 Å². The summed E-state index contributed by atoms with van der Waals surface area (Å²) in [4.78, 5) is 18.9. The quantitative estimate of drug-likeness (QED) is 0.122. The molecule has 1 atom stereocenters. The fourth-order valence-electron chi connectivity index (χ4n) is 5.14. The van der Waals surface area contributed by atoms with Gasteiger partial charge in [-0.05, 0) is 96.1 Å². The van der Waals surface area contributed by atoms with Gasteiger partial charge in [0.25, 0.3) is 5.91 Å². The first-order chi connectivity index (χ1) is 21.2. The smallest absolute Gasteiger partial charge is 0.255 e. The molecule has 0 fully saturated rings. The monoisotopic (exact) mass is 675 g/mol. The predicted molar refractivity (Wildman–Crippen MR) is 181 cm³/mol. The molecule has 1 aliphatic heterocycles. The number of hydrogen-bond donors (Lipinski definition) is 2. The number of aromatic nitrogens is 3. The van der Waals surface area contributed by atoms with Gasteiger partial charge in [0.2, 0.25) is 11.1 Å². The number of aryl methyl sites for hydroxylation is 2. The molecule has 0 aliphatic carbocycles. The lowest BCUT2D eigenvalue weighted by Gasteiger charge is -2.29. The Balaban J connectivity index is 1.56. The van der Waals surface area contributed by atoms with Gasteiger partial charge in [-0.25, -0.2) is 4.68 Å². The number of benzene rings is 3. The Labute approximate surface area is 271 Å². The number of amides is 1. The zero-order valence-electron chi connectivity index (χ0n) is 26.0. The SMILES string of the molecule is CCCCSc1nc2n(n1)C(c1cc(Br)c(OCc3ccccc3C)c(OC)c1)C(C(=O)Nc1cccc(C)c1C)=C(C)N2. The maximum absolute atomic E-state index is 14.1. The van der Waals surface area contributed by atoms with Crippen molar-refractivity contribution in [3.63, 3.8) is 0 Å². The van der Waals surface area contributed by atoms with E-state index in [9.17, 15) is 4.79 Å². The van der Waals surface area contributed by atoms with Crippen molar-refractivity contribution < 1.29 is 14.3 Å². The molecule has 230 valence electrons. The summed E-state index contributed by atoms with van der Waals surface area (Å²) < 4.78 is 14.6. The van der Waals surface area contributed by atoms with Crippen LogP contribution in [0.25, 0.3) is 0 Å². The first-order valence-electron chi connectivity index (χ1n) is 14.7. The Morgan fingerprint density at radius 2 is 1.86 bits per heavy atom. The first kappa shape index (κ1) is 31.7. The van der Waals surface area contributed by atoms with E-state index in [1.54, 1.807) is 23.6 Å². The number of methoxy groups -OCH3 is 1. The second kappa shape index (κ2) is 13.9. The standard InChI is InChI=1S/C34H38BrN5O3S/c1-7-8-16-44-34-38-33-36-23(5)29(32(41)37-27-15-11-13-20(2)22(27)4)30(40(33)39-34)25-17-26(35)31(28(18-25)42-6)43-19-24-14-10-9-12-21(24)3/h9-15,17-18,30H,7-8,16,19H2,1-6H3,(H,37,41)(H,36,38,39). The summed E-state index contributed by atoms with van der Waals surface area (Å²) in [6, 6.07) is 17.4. The molecule has 1 aromatic heterocycles. The number of halogens is 1. The van der Waals surface area contributed by atoms with E-state index in [0.717, 1.165) is 52.1 Å². The van der Waals surface area contributed by atoms with Crippen LogP contribution < -0.4 is 20.1 Å². The summed E-state index contributed by atoms with van der Waals surface area (Å²) in [7, 11) is 1.62. The van der Waals surface area contributed by atoms with Crippen LogP contribution in [0.15, 0.2) is 75.5 Å². The Morgan fingerprint density at radius 1 is 1.09 bits per heavy atom. The average molecular weight is 677 g/mol. The second-order valence-electron chi connectivity index (χ2n) is 10.9. The zero-order valence-corrected chi connectivity index (χ0v) is 28.4. The number of carbonyl (C=O) groups is 1. The van der Waals surface area contributed by atoms with Crippen LogP contribution in [-0.2, 0) is 11.4 Å². The number of carbonyl (C=O) groups excluding carboxylic acids is 1. The number of hydrogen-bond acceptors (Lipinski definition) is 7. The predicted octanol–water partition coefficient (Wildman–Crippen LogP) is 8.37. The summed E-state index contributed by atoms with van der Waals surface area (Å²) in [6.07, 6.45) is 2.16. The fourth-order valence-corrected chi connectivity index (χ4v) is 6.62. The first-order valence-corrected chi connectivity index (χ1v) is 16.5. The topological polar surface area (TPSA) is 90.3 Å². The van der Waals surface area contributed by atoms with Crippen molar-refractivity contribution in [3.8, 4) is 11.5 Å². The Kier molecular flexibility index (Phi) is 10.0. The molecule has 1 aliphatic rings. The summed E-state index contributed by atoms with van der Waals surface area (Å²) >= 11 is 5.36. The van der Waals surface area contributed by atoms with Crippen LogP contribution in [0.1, 0.15) is 60.5 Å². The highest BCUT2D eigenvalue weighted by atomic mass is 79.9. The average Bonchev–Trinajstić information content (AvgIpc) is 3.40. The molecule has 2 heterocycles. The molecule has 1 amide bonds. The third-order valence-corrected chi connectivity index (χ3v) is 9.37. The number of thioether (sulfide) groups is 1. The molecular weight excluding hydrogens is 638 g/mol. The highest BCUT2D eigenvalue weighted by molar-refractivity contribution is 9.10. The van der Waals surface area contributed by atoms with E-state index in [1.165, 1.54) is 0 Å². The molecule has 8 nitrogen and oxygen atoms in total. The summed E-state index contributed by atoms with van der Waals surface area (Å²) in [5.74, 6) is 2.43. The number of nitrogens with zero attached hydrogens (tertiary/aromatic N) is 3. The third kappa shape index (κ3) is 6.66. The third-order valence-electron chi connectivity index (χ3n) is 7.86. The van der Waals surface area contributed by atoms with Gasteiger partial charge < -0.3 is 20.1 Å². The van der Waals surface area contributed by atoms with E-state index in [-0.39, 0.29) is 5.91 Å². The summed E-state index contributed by atoms with van der Waals surface area (Å²) in [6.45, 7) is 10.6. The van der Waals surface area contributed by atoms with Gasteiger partial charge in [0.05, 0.1) is 17.2 Å². The summed E-state index contributed by atoms with van der Waals surface area (Å²) in [5, 5.41) is 12.0. The van der Waals surface area contributed by atoms with Crippen molar-refractivity contribution in [2.24, 2.45) is 0 Å². The van der Waals surface area contributed by atoms with Gasteiger partial charge >= 0.3 is 0 Å². The van der Waals surface area contributed by atoms with Crippen LogP contribution in [0, 0.1) is 20.8 Å². The largest absolute Gasteiger partial charge is 0.493 e. The number of rotatable bonds is 11. The molecule has 0 bridgehead atoms. The molecule has 44 heavy (non-hydrogen) atoms. The van der Waals surface area contributed by atoms with Crippen molar-refractivity contribution in [2.75, 3.05) is 23.5 Å². The molecule has 1 unspecified atom stereocenters. The van der Waals surface area contributed by atoms with Crippen LogP contribution in [0.3, 0.4) is 0 Å². The number of fused-ring (bicyclic) bond motifs is 1. The van der Waals surface area contributed by atoms with Crippen LogP contribution in [0.5, 0.6) is 11.5 Å². The van der Waals surface area contributed by atoms with E-state index in [2.05, 4.69) is 52.5 Å². The Morgan fingerprint density at radius 3 is 2.61 bits per heavy atom. The van der Waals surface area contributed by atoms with Crippen LogP contribution in [0.2, 0.25) is 0 Å². The van der Waals surface area contributed by atoms with Crippen LogP contribution in [-0.4, -0.2) is 33.5 Å². The van der Waals surface area contributed by atoms with Crippen molar-refractivity contribution >= 4 is 45.2 Å². The number of ether oxygens (including phenoxy) is 2. The number of nitrogens with one attached hydrogen (secondary N) is 2. The Bertz CT molecular complexity index is 1720. The van der Waals surface area contributed by atoms with Gasteiger partial charge in [0.1, 0.15) is 12.6 Å². The molecule has 10 heteroatoms. The molecular formula is C34H38BrN5O3S. The highest BCUT2D eigenvalue weighted by Crippen LogP contribution is 2.43. The lowest BCUT2D eigenvalue weighted by Crippen LogP contribution is -2.31. The van der Waals surface area contributed by atoms with E-state index >= 15 is 0 Å². The number of unbranched alkanes of at least 4 members (excludes halogenated alkanes) is 1. The molecule has 0 saturated heterocycles. The molecule has 0 radical (unpaired) electrons. The minimum Gasteiger partial charge on any atom is -0.493 e. The molecule has 3 aromatic carbocycles. The lowest BCUT2D eigenvalue weighted by molar-refractivity contribution is -0.113. The minimum atomic E-state index is -0.569. The van der Waals surface area contributed by atoms with Crippen LogP contribution >= 0.6 is 27.7 Å². The van der Waals surface area contributed by atoms with Crippen molar-refractivity contribution in [1.82, 2.24) is 14.8 Å². The molecule has 0 spiro atoms. The van der Waals surface area contributed by atoms with Gasteiger partial charge in [-0.3, -0.25) is 4.79 Å². The molecule has 2 N–H and O–H groups in total. The van der Waals surface area contributed by atoms with E-state index < -0.39 is 6.04 Å². The van der Waals surface area contributed by atoms with Gasteiger partial charge in [0, 0.05) is 17.1 Å². The molecule has 4 aromatic rings.